The van der Waals surface area contributed by atoms with Crippen molar-refractivity contribution in [3.8, 4) is 0 Å². The number of amides is 1. The number of nitrogens with zero attached hydrogens (tertiary/aromatic N) is 4. The van der Waals surface area contributed by atoms with E-state index < -0.39 is 0 Å². The molecule has 0 saturated carbocycles. The molecule has 1 aromatic heterocycles. The minimum absolute atomic E-state index is 0.215. The Hall–Kier alpha value is -2.59. The fraction of sp³-hybridized carbons (Fsp3) is 0.167. The van der Waals surface area contributed by atoms with Crippen LogP contribution in [-0.4, -0.2) is 24.0 Å². The number of fused-ring (bicyclic) bond motifs is 1. The van der Waals surface area contributed by atoms with E-state index in [-0.39, 0.29) is 12.5 Å². The first-order valence-corrected chi connectivity index (χ1v) is 5.46. The van der Waals surface area contributed by atoms with Gasteiger partial charge in [0.2, 0.25) is 0 Å². The zero-order valence-corrected chi connectivity index (χ0v) is 9.58. The molecule has 0 fully saturated rings. The van der Waals surface area contributed by atoms with Gasteiger partial charge in [-0.1, -0.05) is 23.3 Å². The summed E-state index contributed by atoms with van der Waals surface area (Å²) in [6.07, 6.45) is 1.65. The number of para-hydroxylation sites is 1. The van der Waals surface area contributed by atoms with Gasteiger partial charge in [0, 0.05) is 29.6 Å². The molecule has 18 heavy (non-hydrogen) atoms. The van der Waals surface area contributed by atoms with Gasteiger partial charge in [0.05, 0.1) is 11.1 Å². The number of aromatic nitrogens is 1. The minimum Gasteiger partial charge on any atom is -0.352 e. The molecule has 6 nitrogen and oxygen atoms in total. The van der Waals surface area contributed by atoms with Crippen molar-refractivity contribution in [3.05, 3.63) is 52.5 Å². The van der Waals surface area contributed by atoms with Crippen LogP contribution in [0, 0.1) is 0 Å². The SMILES string of the molecule is [N-]=[N+]=NCCNC(=O)c1cccc2cccnc12. The van der Waals surface area contributed by atoms with Crippen LogP contribution in [0.15, 0.2) is 41.6 Å². The Labute approximate surface area is 103 Å². The van der Waals surface area contributed by atoms with Gasteiger partial charge in [-0.3, -0.25) is 9.78 Å². The maximum absolute atomic E-state index is 11.9. The smallest absolute Gasteiger partial charge is 0.253 e. The summed E-state index contributed by atoms with van der Waals surface area (Å²) in [6, 6.07) is 9.16. The lowest BCUT2D eigenvalue weighted by Crippen LogP contribution is -2.26. The molecule has 1 heterocycles. The van der Waals surface area contributed by atoms with E-state index in [1.54, 1.807) is 12.3 Å². The van der Waals surface area contributed by atoms with Gasteiger partial charge < -0.3 is 5.32 Å². The third kappa shape index (κ3) is 2.56. The fourth-order valence-corrected chi connectivity index (χ4v) is 1.65. The fourth-order valence-electron chi connectivity index (χ4n) is 1.65. The second kappa shape index (κ2) is 5.65. The molecule has 2 aromatic rings. The van der Waals surface area contributed by atoms with Gasteiger partial charge >= 0.3 is 0 Å². The predicted molar refractivity (Wildman–Crippen MR) is 68.1 cm³/mol. The number of hydrogen-bond acceptors (Lipinski definition) is 3. The molecule has 0 aliphatic rings. The summed E-state index contributed by atoms with van der Waals surface area (Å²) >= 11 is 0. The normalized spacial score (nSPS) is 9.78. The Kier molecular flexibility index (Phi) is 3.73. The lowest BCUT2D eigenvalue weighted by molar-refractivity contribution is 0.0956. The third-order valence-electron chi connectivity index (χ3n) is 2.44. The van der Waals surface area contributed by atoms with Crippen LogP contribution in [0.3, 0.4) is 0 Å². The van der Waals surface area contributed by atoms with Crippen LogP contribution < -0.4 is 5.32 Å². The van der Waals surface area contributed by atoms with Crippen molar-refractivity contribution in [2.75, 3.05) is 13.1 Å². The zero-order valence-electron chi connectivity index (χ0n) is 9.58. The first kappa shape index (κ1) is 11.9. The van der Waals surface area contributed by atoms with Crippen LogP contribution in [0.2, 0.25) is 0 Å². The Morgan fingerprint density at radius 2 is 2.22 bits per heavy atom. The van der Waals surface area contributed by atoms with E-state index in [4.69, 9.17) is 5.53 Å². The molecule has 0 radical (unpaired) electrons. The number of hydrogen-bond donors (Lipinski definition) is 1. The van der Waals surface area contributed by atoms with E-state index in [0.29, 0.717) is 17.6 Å². The summed E-state index contributed by atoms with van der Waals surface area (Å²) in [4.78, 5) is 18.8. The van der Waals surface area contributed by atoms with E-state index in [1.165, 1.54) is 0 Å². The first-order valence-electron chi connectivity index (χ1n) is 5.46. The molecule has 1 N–H and O–H groups in total. The molecule has 6 heteroatoms. The summed E-state index contributed by atoms with van der Waals surface area (Å²) in [7, 11) is 0. The number of carbonyl (C=O) groups excluding carboxylic acids is 1. The third-order valence-corrected chi connectivity index (χ3v) is 2.44. The molecule has 0 bridgehead atoms. The minimum atomic E-state index is -0.215. The monoisotopic (exact) mass is 241 g/mol. The number of nitrogens with one attached hydrogen (secondary N) is 1. The zero-order chi connectivity index (χ0) is 12.8. The average Bonchev–Trinajstić information content (AvgIpc) is 2.43. The molecule has 1 aromatic carbocycles. The van der Waals surface area contributed by atoms with Crippen molar-refractivity contribution in [1.29, 1.82) is 0 Å². The first-order chi connectivity index (χ1) is 8.83. The van der Waals surface area contributed by atoms with E-state index in [2.05, 4.69) is 20.3 Å². The maximum Gasteiger partial charge on any atom is 0.253 e. The summed E-state index contributed by atoms with van der Waals surface area (Å²) in [5.74, 6) is -0.215. The highest BCUT2D eigenvalue weighted by molar-refractivity contribution is 6.05. The number of pyridine rings is 1. The van der Waals surface area contributed by atoms with Crippen molar-refractivity contribution in [3.63, 3.8) is 0 Å². The van der Waals surface area contributed by atoms with Gasteiger partial charge in [0.1, 0.15) is 0 Å². The lowest BCUT2D eigenvalue weighted by atomic mass is 10.1. The molecular formula is C12H11N5O. The quantitative estimate of drug-likeness (QED) is 0.385. The maximum atomic E-state index is 11.9. The van der Waals surface area contributed by atoms with Crippen LogP contribution in [0.25, 0.3) is 21.3 Å². The summed E-state index contributed by atoms with van der Waals surface area (Å²) < 4.78 is 0. The van der Waals surface area contributed by atoms with Gasteiger partial charge in [-0.25, -0.2) is 0 Å². The number of rotatable bonds is 4. The topological polar surface area (TPSA) is 90.8 Å². The van der Waals surface area contributed by atoms with Crippen LogP contribution in [0.4, 0.5) is 0 Å². The summed E-state index contributed by atoms with van der Waals surface area (Å²) in [5, 5.41) is 6.95. The Morgan fingerprint density at radius 3 is 3.06 bits per heavy atom. The molecule has 0 saturated heterocycles. The molecule has 0 atom stereocenters. The predicted octanol–water partition coefficient (Wildman–Crippen LogP) is 2.27. The van der Waals surface area contributed by atoms with Crippen molar-refractivity contribution >= 4 is 16.8 Å². The van der Waals surface area contributed by atoms with Crippen LogP contribution in [0.1, 0.15) is 10.4 Å². The highest BCUT2D eigenvalue weighted by atomic mass is 16.1. The van der Waals surface area contributed by atoms with Crippen molar-refractivity contribution in [2.45, 2.75) is 0 Å². The number of azide groups is 1. The number of benzene rings is 1. The van der Waals surface area contributed by atoms with Gasteiger partial charge in [-0.2, -0.15) is 0 Å². The molecule has 90 valence electrons. The molecular weight excluding hydrogens is 230 g/mol. The molecule has 2 rings (SSSR count). The second-order valence-electron chi connectivity index (χ2n) is 3.59. The Balaban J connectivity index is 2.20. The van der Waals surface area contributed by atoms with Gasteiger partial charge in [0.25, 0.3) is 5.91 Å². The highest BCUT2D eigenvalue weighted by Crippen LogP contribution is 2.15. The highest BCUT2D eigenvalue weighted by Gasteiger charge is 2.09. The van der Waals surface area contributed by atoms with Crippen LogP contribution in [0.5, 0.6) is 0 Å². The molecule has 0 unspecified atom stereocenters. The summed E-state index contributed by atoms with van der Waals surface area (Å²) in [5.41, 5.74) is 9.32. The van der Waals surface area contributed by atoms with Crippen molar-refractivity contribution in [2.24, 2.45) is 5.11 Å². The standard InChI is InChI=1S/C12H11N5O/c13-17-16-8-7-15-12(18)10-5-1-3-9-4-2-6-14-11(9)10/h1-6H,7-8H2,(H,15,18). The van der Waals surface area contributed by atoms with Crippen LogP contribution >= 0.6 is 0 Å². The Bertz CT molecular complexity index is 613. The second-order valence-corrected chi connectivity index (χ2v) is 3.59. The number of carbonyl (C=O) groups is 1. The van der Waals surface area contributed by atoms with E-state index in [9.17, 15) is 4.79 Å². The summed E-state index contributed by atoms with van der Waals surface area (Å²) in [6.45, 7) is 0.548. The van der Waals surface area contributed by atoms with E-state index in [1.807, 2.05) is 24.3 Å². The largest absolute Gasteiger partial charge is 0.352 e. The van der Waals surface area contributed by atoms with E-state index >= 15 is 0 Å². The lowest BCUT2D eigenvalue weighted by Gasteiger charge is -2.05. The van der Waals surface area contributed by atoms with E-state index in [0.717, 1.165) is 5.39 Å². The molecule has 1 amide bonds. The van der Waals surface area contributed by atoms with Gasteiger partial charge in [-0.15, -0.1) is 0 Å². The van der Waals surface area contributed by atoms with Crippen LogP contribution in [-0.2, 0) is 0 Å². The average molecular weight is 241 g/mol. The van der Waals surface area contributed by atoms with Crippen molar-refractivity contribution < 1.29 is 4.79 Å². The molecule has 0 spiro atoms. The Morgan fingerprint density at radius 1 is 1.39 bits per heavy atom. The van der Waals surface area contributed by atoms with Crippen molar-refractivity contribution in [1.82, 2.24) is 10.3 Å². The molecule has 0 aliphatic carbocycles. The molecule has 0 aliphatic heterocycles. The van der Waals surface area contributed by atoms with Gasteiger partial charge in [-0.05, 0) is 17.7 Å². The van der Waals surface area contributed by atoms with Gasteiger partial charge in [0.15, 0.2) is 0 Å².